The SMILES string of the molecule is BC(=O)NCC(c1ccccc1)c1ccc2[nH]ccc2c1. The van der Waals surface area contributed by atoms with Gasteiger partial charge in [-0.1, -0.05) is 36.4 Å². The van der Waals surface area contributed by atoms with Gasteiger partial charge in [0.15, 0.2) is 5.81 Å². The lowest BCUT2D eigenvalue weighted by atomic mass is 9.90. The van der Waals surface area contributed by atoms with Crippen molar-refractivity contribution < 1.29 is 4.79 Å². The van der Waals surface area contributed by atoms with Gasteiger partial charge in [0.2, 0.25) is 7.85 Å². The molecule has 0 aliphatic carbocycles. The van der Waals surface area contributed by atoms with Crippen LogP contribution in [0.4, 0.5) is 4.79 Å². The monoisotopic (exact) mass is 276 g/mol. The van der Waals surface area contributed by atoms with Gasteiger partial charge in [-0.3, -0.25) is 4.79 Å². The predicted octanol–water partition coefficient (Wildman–Crippen LogP) is 2.64. The van der Waals surface area contributed by atoms with Gasteiger partial charge in [0.25, 0.3) is 0 Å². The molecular weight excluding hydrogens is 259 g/mol. The fourth-order valence-corrected chi connectivity index (χ4v) is 2.65. The molecule has 3 rings (SSSR count). The number of H-pyrrole nitrogens is 1. The molecule has 3 nitrogen and oxygen atoms in total. The zero-order valence-corrected chi connectivity index (χ0v) is 12.0. The highest BCUT2D eigenvalue weighted by Crippen LogP contribution is 2.26. The number of aromatic amines is 1. The third kappa shape index (κ3) is 3.00. The van der Waals surface area contributed by atoms with Crippen LogP contribution in [0.15, 0.2) is 60.8 Å². The van der Waals surface area contributed by atoms with Crippen LogP contribution in [0.3, 0.4) is 0 Å². The summed E-state index contributed by atoms with van der Waals surface area (Å²) in [7, 11) is 1.55. The van der Waals surface area contributed by atoms with Crippen molar-refractivity contribution in [2.75, 3.05) is 6.54 Å². The Labute approximate surface area is 124 Å². The molecule has 1 atom stereocenters. The smallest absolute Gasteiger partial charge is 0.215 e. The highest BCUT2D eigenvalue weighted by molar-refractivity contribution is 6.57. The molecule has 0 bridgehead atoms. The van der Waals surface area contributed by atoms with Crippen LogP contribution in [0.1, 0.15) is 17.0 Å². The minimum absolute atomic E-state index is 0.00125. The van der Waals surface area contributed by atoms with Gasteiger partial charge in [0.05, 0.1) is 0 Å². The van der Waals surface area contributed by atoms with E-state index in [2.05, 4.69) is 46.7 Å². The van der Waals surface area contributed by atoms with Crippen LogP contribution < -0.4 is 5.32 Å². The fraction of sp³-hybridized carbons (Fsp3) is 0.118. The lowest BCUT2D eigenvalue weighted by molar-refractivity contribution is 0.259. The molecule has 0 spiro atoms. The number of rotatable bonds is 4. The van der Waals surface area contributed by atoms with Crippen molar-refractivity contribution in [3.05, 3.63) is 71.9 Å². The molecule has 0 aliphatic rings. The molecule has 21 heavy (non-hydrogen) atoms. The van der Waals surface area contributed by atoms with Gasteiger partial charge in [0, 0.05) is 24.2 Å². The number of hydrogen-bond acceptors (Lipinski definition) is 1. The largest absolute Gasteiger partial charge is 0.364 e. The molecule has 0 fully saturated rings. The second-order valence-electron chi connectivity index (χ2n) is 5.22. The Bertz CT molecular complexity index is 752. The van der Waals surface area contributed by atoms with E-state index in [1.807, 2.05) is 24.4 Å². The van der Waals surface area contributed by atoms with Gasteiger partial charge in [-0.15, -0.1) is 0 Å². The molecule has 0 aliphatic heterocycles. The summed E-state index contributed by atoms with van der Waals surface area (Å²) in [5, 5.41) is 4.13. The molecule has 3 aromatic rings. The van der Waals surface area contributed by atoms with Crippen LogP contribution in [-0.2, 0) is 0 Å². The van der Waals surface area contributed by atoms with Gasteiger partial charge in [-0.2, -0.15) is 0 Å². The Hall–Kier alpha value is -2.49. The Morgan fingerprint density at radius 2 is 1.90 bits per heavy atom. The molecule has 0 saturated heterocycles. The number of carbonyl (C=O) groups is 1. The van der Waals surface area contributed by atoms with Crippen LogP contribution in [0.2, 0.25) is 0 Å². The first-order chi connectivity index (χ1) is 10.2. The van der Waals surface area contributed by atoms with E-state index in [4.69, 9.17) is 0 Å². The van der Waals surface area contributed by atoms with Gasteiger partial charge >= 0.3 is 0 Å². The minimum Gasteiger partial charge on any atom is -0.364 e. The molecule has 1 aromatic heterocycles. The zero-order chi connectivity index (χ0) is 14.7. The van der Waals surface area contributed by atoms with Crippen LogP contribution in [-0.4, -0.2) is 25.2 Å². The van der Waals surface area contributed by atoms with Crippen molar-refractivity contribution >= 4 is 24.6 Å². The molecule has 1 unspecified atom stereocenters. The first kappa shape index (κ1) is 13.5. The Balaban J connectivity index is 1.98. The van der Waals surface area contributed by atoms with E-state index in [9.17, 15) is 4.79 Å². The molecule has 104 valence electrons. The van der Waals surface area contributed by atoms with E-state index in [-0.39, 0.29) is 11.7 Å². The maximum atomic E-state index is 11.3. The number of hydrogen-bond donors (Lipinski definition) is 2. The molecule has 0 radical (unpaired) electrons. The molecule has 2 aromatic carbocycles. The van der Waals surface area contributed by atoms with E-state index in [0.717, 1.165) is 5.52 Å². The summed E-state index contributed by atoms with van der Waals surface area (Å²) in [4.78, 5) is 14.5. The van der Waals surface area contributed by atoms with E-state index in [1.165, 1.54) is 16.5 Å². The molecule has 0 saturated carbocycles. The molecule has 1 heterocycles. The van der Waals surface area contributed by atoms with E-state index in [0.29, 0.717) is 6.54 Å². The number of fused-ring (bicyclic) bond motifs is 1. The van der Waals surface area contributed by atoms with Gasteiger partial charge < -0.3 is 10.3 Å². The topological polar surface area (TPSA) is 44.9 Å². The maximum Gasteiger partial charge on any atom is 0.215 e. The highest BCUT2D eigenvalue weighted by Gasteiger charge is 2.15. The van der Waals surface area contributed by atoms with Crippen molar-refractivity contribution in [2.24, 2.45) is 0 Å². The Morgan fingerprint density at radius 3 is 2.67 bits per heavy atom. The molecule has 1 amide bonds. The first-order valence-electron chi connectivity index (χ1n) is 7.10. The van der Waals surface area contributed by atoms with E-state index in [1.54, 1.807) is 7.85 Å². The van der Waals surface area contributed by atoms with Gasteiger partial charge in [-0.25, -0.2) is 0 Å². The van der Waals surface area contributed by atoms with Crippen LogP contribution in [0.5, 0.6) is 0 Å². The highest BCUT2D eigenvalue weighted by atomic mass is 16.1. The summed E-state index contributed by atoms with van der Waals surface area (Å²) in [6.07, 6.45) is 1.94. The summed E-state index contributed by atoms with van der Waals surface area (Å²) in [5.74, 6) is 0.160. The van der Waals surface area contributed by atoms with Gasteiger partial charge in [0.1, 0.15) is 0 Å². The first-order valence-corrected chi connectivity index (χ1v) is 7.10. The van der Waals surface area contributed by atoms with Crippen molar-refractivity contribution in [2.45, 2.75) is 5.92 Å². The van der Waals surface area contributed by atoms with Crippen molar-refractivity contribution in [1.82, 2.24) is 10.3 Å². The van der Waals surface area contributed by atoms with Gasteiger partial charge in [-0.05, 0) is 34.7 Å². The third-order valence-electron chi connectivity index (χ3n) is 3.74. The lowest BCUT2D eigenvalue weighted by Gasteiger charge is -2.18. The Kier molecular flexibility index (Phi) is 3.78. The van der Waals surface area contributed by atoms with Crippen molar-refractivity contribution in [3.63, 3.8) is 0 Å². The van der Waals surface area contributed by atoms with Crippen LogP contribution in [0, 0.1) is 0 Å². The summed E-state index contributed by atoms with van der Waals surface area (Å²) in [5.41, 5.74) is 3.55. The number of amides is 1. The number of carbonyl (C=O) groups excluding carboxylic acids is 1. The minimum atomic E-state index is -0.00125. The summed E-state index contributed by atoms with van der Waals surface area (Å²) in [6.45, 7) is 0.606. The van der Waals surface area contributed by atoms with Crippen LogP contribution >= 0.6 is 0 Å². The fourth-order valence-electron chi connectivity index (χ4n) is 2.65. The summed E-state index contributed by atoms with van der Waals surface area (Å²) < 4.78 is 0. The molecule has 4 heteroatoms. The lowest BCUT2D eigenvalue weighted by Crippen LogP contribution is -2.27. The normalized spacial score (nSPS) is 12.2. The average molecular weight is 276 g/mol. The van der Waals surface area contributed by atoms with Crippen molar-refractivity contribution in [3.8, 4) is 0 Å². The number of aromatic nitrogens is 1. The number of benzene rings is 2. The second kappa shape index (κ2) is 5.88. The van der Waals surface area contributed by atoms with E-state index < -0.39 is 0 Å². The standard InChI is InChI=1S/C17H17BN2O/c18-17(21)20-11-15(12-4-2-1-3-5-12)13-6-7-16-14(10-13)8-9-19-16/h1-10,15,19H,11,18H2,(H,20,21). The zero-order valence-electron chi connectivity index (χ0n) is 12.0. The van der Waals surface area contributed by atoms with Crippen molar-refractivity contribution in [1.29, 1.82) is 0 Å². The molecular formula is C17H17BN2O. The quantitative estimate of drug-likeness (QED) is 0.707. The number of nitrogens with one attached hydrogen (secondary N) is 2. The predicted molar refractivity (Wildman–Crippen MR) is 88.5 cm³/mol. The Morgan fingerprint density at radius 1 is 1.10 bits per heavy atom. The maximum absolute atomic E-state index is 11.3. The van der Waals surface area contributed by atoms with Crippen LogP contribution in [0.25, 0.3) is 10.9 Å². The molecule has 2 N–H and O–H groups in total. The average Bonchev–Trinajstić information content (AvgIpc) is 2.96. The summed E-state index contributed by atoms with van der Waals surface area (Å²) >= 11 is 0. The summed E-state index contributed by atoms with van der Waals surface area (Å²) in [6, 6.07) is 18.8. The second-order valence-corrected chi connectivity index (χ2v) is 5.22. The van der Waals surface area contributed by atoms with E-state index >= 15 is 0 Å². The third-order valence-corrected chi connectivity index (χ3v) is 3.74.